The van der Waals surface area contributed by atoms with E-state index >= 15 is 0 Å². The predicted molar refractivity (Wildman–Crippen MR) is 58.2 cm³/mol. The molecule has 0 fully saturated rings. The Labute approximate surface area is 88.8 Å². The van der Waals surface area contributed by atoms with Gasteiger partial charge in [0, 0.05) is 0 Å². The second-order valence-electron chi connectivity index (χ2n) is 3.29. The average molecular weight is 199 g/mol. The highest BCUT2D eigenvalue weighted by atomic mass is 16.5. The van der Waals surface area contributed by atoms with E-state index in [4.69, 9.17) is 4.74 Å². The first-order chi connectivity index (χ1) is 7.25. The molecule has 0 aromatic heterocycles. The summed E-state index contributed by atoms with van der Waals surface area (Å²) in [4.78, 5) is 0. The number of ether oxygens (including phenoxy) is 1. The summed E-state index contributed by atoms with van der Waals surface area (Å²) in [5.74, 6) is 1.76. The van der Waals surface area contributed by atoms with E-state index in [1.54, 1.807) is 30.3 Å². The minimum Gasteiger partial charge on any atom is -0.508 e. The third-order valence-corrected chi connectivity index (χ3v) is 2.09. The normalized spacial score (nSPS) is 9.93. The van der Waals surface area contributed by atoms with Gasteiger partial charge in [-0.2, -0.15) is 0 Å². The molecule has 2 aromatic rings. The first kappa shape index (κ1) is 9.59. The van der Waals surface area contributed by atoms with Crippen molar-refractivity contribution in [2.75, 3.05) is 0 Å². The molecule has 0 saturated heterocycles. The smallest absolute Gasteiger partial charge is 0.127 e. The molecule has 0 unspecified atom stereocenters. The summed E-state index contributed by atoms with van der Waals surface area (Å²) in [6.07, 6.45) is 0. The summed E-state index contributed by atoms with van der Waals surface area (Å²) < 4.78 is 5.58. The summed E-state index contributed by atoms with van der Waals surface area (Å²) in [5, 5.41) is 9.35. The molecule has 0 bridgehead atoms. The zero-order chi connectivity index (χ0) is 10.7. The van der Waals surface area contributed by atoms with Crippen LogP contribution in [0.15, 0.2) is 42.5 Å². The Hall–Kier alpha value is -1.96. The van der Waals surface area contributed by atoms with Crippen molar-refractivity contribution in [3.63, 3.8) is 0 Å². The van der Waals surface area contributed by atoms with Crippen LogP contribution in [0.2, 0.25) is 0 Å². The lowest BCUT2D eigenvalue weighted by atomic mass is 10.2. The Kier molecular flexibility index (Phi) is 2.59. The molecule has 0 saturated carbocycles. The average Bonchev–Trinajstić information content (AvgIpc) is 2.25. The van der Waals surface area contributed by atoms with Crippen molar-refractivity contribution in [1.29, 1.82) is 0 Å². The second kappa shape index (κ2) is 4.05. The van der Waals surface area contributed by atoms with Crippen LogP contribution in [0, 0.1) is 13.0 Å². The topological polar surface area (TPSA) is 29.5 Å². The lowest BCUT2D eigenvalue weighted by molar-refractivity contribution is 0.460. The van der Waals surface area contributed by atoms with Gasteiger partial charge in [0.2, 0.25) is 0 Å². The minimum absolute atomic E-state index is 0.281. The van der Waals surface area contributed by atoms with Crippen LogP contribution in [0.5, 0.6) is 17.2 Å². The highest BCUT2D eigenvalue weighted by molar-refractivity contribution is 5.40. The highest BCUT2D eigenvalue weighted by Gasteiger charge is 1.99. The zero-order valence-electron chi connectivity index (χ0n) is 8.40. The third-order valence-electron chi connectivity index (χ3n) is 2.09. The van der Waals surface area contributed by atoms with Crippen molar-refractivity contribution in [1.82, 2.24) is 0 Å². The van der Waals surface area contributed by atoms with Crippen molar-refractivity contribution < 1.29 is 9.84 Å². The van der Waals surface area contributed by atoms with Crippen molar-refractivity contribution in [2.45, 2.75) is 6.92 Å². The zero-order valence-corrected chi connectivity index (χ0v) is 8.40. The minimum atomic E-state index is 0.281. The van der Waals surface area contributed by atoms with Gasteiger partial charge in [-0.05, 0) is 48.9 Å². The molecule has 2 heteroatoms. The van der Waals surface area contributed by atoms with Crippen LogP contribution >= 0.6 is 0 Å². The molecule has 75 valence electrons. The number of hydrogen-bond acceptors (Lipinski definition) is 2. The molecule has 0 amide bonds. The fourth-order valence-corrected chi connectivity index (χ4v) is 1.27. The standard InChI is InChI=1S/C13H11O2/c1-10-9-12(7-8-13(10)14)15-11-5-3-2-4-6-11/h3-9,14H,1H3. The molecule has 2 nitrogen and oxygen atoms in total. The summed E-state index contributed by atoms with van der Waals surface area (Å²) in [7, 11) is 0. The van der Waals surface area contributed by atoms with E-state index in [-0.39, 0.29) is 5.75 Å². The molecule has 0 aliphatic rings. The number of rotatable bonds is 2. The Morgan fingerprint density at radius 2 is 1.80 bits per heavy atom. The van der Waals surface area contributed by atoms with Crippen LogP contribution in [0.1, 0.15) is 5.56 Å². The Morgan fingerprint density at radius 1 is 1.07 bits per heavy atom. The van der Waals surface area contributed by atoms with Crippen LogP contribution in [-0.4, -0.2) is 5.11 Å². The van der Waals surface area contributed by atoms with E-state index in [9.17, 15) is 5.11 Å². The van der Waals surface area contributed by atoms with Crippen molar-refractivity contribution in [3.8, 4) is 17.2 Å². The number of aryl methyl sites for hydroxylation is 1. The van der Waals surface area contributed by atoms with Gasteiger partial charge in [-0.3, -0.25) is 0 Å². The van der Waals surface area contributed by atoms with Gasteiger partial charge in [0.05, 0.1) is 0 Å². The number of hydrogen-bond donors (Lipinski definition) is 1. The fraction of sp³-hybridized carbons (Fsp3) is 0.0769. The van der Waals surface area contributed by atoms with E-state index in [1.165, 1.54) is 0 Å². The largest absolute Gasteiger partial charge is 0.508 e. The molecule has 15 heavy (non-hydrogen) atoms. The Morgan fingerprint density at radius 3 is 2.47 bits per heavy atom. The van der Waals surface area contributed by atoms with E-state index in [0.29, 0.717) is 0 Å². The first-order valence-corrected chi connectivity index (χ1v) is 4.69. The predicted octanol–water partition coefficient (Wildman–Crippen LogP) is 3.29. The lowest BCUT2D eigenvalue weighted by Gasteiger charge is -2.06. The first-order valence-electron chi connectivity index (χ1n) is 4.69. The molecule has 1 radical (unpaired) electrons. The SMILES string of the molecule is Cc1cc(Oc2cc[c]cc2)ccc1O. The number of benzene rings is 2. The summed E-state index contributed by atoms with van der Waals surface area (Å²) in [6, 6.07) is 15.3. The van der Waals surface area contributed by atoms with Crippen LogP contribution in [0.3, 0.4) is 0 Å². The van der Waals surface area contributed by atoms with Gasteiger partial charge in [-0.15, -0.1) is 0 Å². The number of aromatic hydroxyl groups is 1. The van der Waals surface area contributed by atoms with E-state index in [1.807, 2.05) is 19.1 Å². The monoisotopic (exact) mass is 199 g/mol. The molecule has 2 aromatic carbocycles. The van der Waals surface area contributed by atoms with Gasteiger partial charge < -0.3 is 9.84 Å². The summed E-state index contributed by atoms with van der Waals surface area (Å²) in [6.45, 7) is 1.83. The second-order valence-corrected chi connectivity index (χ2v) is 3.29. The van der Waals surface area contributed by atoms with Crippen LogP contribution in [-0.2, 0) is 0 Å². The molecular weight excluding hydrogens is 188 g/mol. The van der Waals surface area contributed by atoms with Crippen LogP contribution in [0.4, 0.5) is 0 Å². The fourth-order valence-electron chi connectivity index (χ4n) is 1.27. The molecule has 0 atom stereocenters. The Balaban J connectivity index is 2.22. The number of phenols is 1. The van der Waals surface area contributed by atoms with E-state index < -0.39 is 0 Å². The highest BCUT2D eigenvalue weighted by Crippen LogP contribution is 2.25. The van der Waals surface area contributed by atoms with Crippen molar-refractivity contribution >= 4 is 0 Å². The quantitative estimate of drug-likeness (QED) is 0.804. The lowest BCUT2D eigenvalue weighted by Crippen LogP contribution is -1.84. The van der Waals surface area contributed by atoms with Gasteiger partial charge >= 0.3 is 0 Å². The molecule has 2 rings (SSSR count). The molecule has 0 aliphatic carbocycles. The molecule has 0 heterocycles. The summed E-state index contributed by atoms with van der Waals surface area (Å²) >= 11 is 0. The summed E-state index contributed by atoms with van der Waals surface area (Å²) in [5.41, 5.74) is 0.801. The van der Waals surface area contributed by atoms with Gasteiger partial charge in [-0.1, -0.05) is 12.1 Å². The maximum atomic E-state index is 9.35. The third kappa shape index (κ3) is 2.29. The van der Waals surface area contributed by atoms with Crippen molar-refractivity contribution in [3.05, 3.63) is 54.1 Å². The van der Waals surface area contributed by atoms with Gasteiger partial charge in [0.1, 0.15) is 17.2 Å². The maximum Gasteiger partial charge on any atom is 0.127 e. The number of phenolic OH excluding ortho intramolecular Hbond substituents is 1. The van der Waals surface area contributed by atoms with Gasteiger partial charge in [0.15, 0.2) is 0 Å². The van der Waals surface area contributed by atoms with Crippen LogP contribution in [0.25, 0.3) is 0 Å². The van der Waals surface area contributed by atoms with Gasteiger partial charge in [-0.25, -0.2) is 0 Å². The van der Waals surface area contributed by atoms with Crippen molar-refractivity contribution in [2.24, 2.45) is 0 Å². The van der Waals surface area contributed by atoms with Gasteiger partial charge in [0.25, 0.3) is 0 Å². The molecule has 0 aliphatic heterocycles. The van der Waals surface area contributed by atoms with E-state index in [0.717, 1.165) is 17.1 Å². The van der Waals surface area contributed by atoms with Crippen LogP contribution < -0.4 is 4.74 Å². The molecular formula is C13H11O2. The molecule has 1 N–H and O–H groups in total. The maximum absolute atomic E-state index is 9.35. The molecule has 0 spiro atoms. The van der Waals surface area contributed by atoms with E-state index in [2.05, 4.69) is 6.07 Å². The Bertz CT molecular complexity index is 449.